The van der Waals surface area contributed by atoms with Crippen LogP contribution in [0.15, 0.2) is 11.0 Å². The number of rotatable bonds is 2. The van der Waals surface area contributed by atoms with E-state index in [1.54, 1.807) is 5.57 Å². The first kappa shape index (κ1) is 15.8. The lowest BCUT2D eigenvalue weighted by Crippen LogP contribution is -2.30. The van der Waals surface area contributed by atoms with E-state index in [9.17, 15) is 0 Å². The summed E-state index contributed by atoms with van der Waals surface area (Å²) in [6, 6.07) is 0. The van der Waals surface area contributed by atoms with Crippen molar-refractivity contribution in [1.82, 2.24) is 0 Å². The monoisotopic (exact) mass is 222 g/mol. The van der Waals surface area contributed by atoms with Crippen molar-refractivity contribution >= 4 is 7.85 Å². The summed E-state index contributed by atoms with van der Waals surface area (Å²) < 4.78 is 0. The van der Waals surface area contributed by atoms with Crippen LogP contribution in [-0.2, 0) is 0 Å². The highest BCUT2D eigenvalue weighted by Gasteiger charge is 2.35. The quantitative estimate of drug-likeness (QED) is 0.607. The summed E-state index contributed by atoms with van der Waals surface area (Å²) in [6.45, 7) is 21.0. The SMILES string of the molecule is B/C(C)=C(/C(C)(C)C)C(C)(C)CC(C)(C)C. The van der Waals surface area contributed by atoms with Crippen LogP contribution in [0.5, 0.6) is 0 Å². The van der Waals surface area contributed by atoms with Crippen molar-refractivity contribution in [3.8, 4) is 0 Å². The number of hydrogen-bond donors (Lipinski definition) is 0. The van der Waals surface area contributed by atoms with E-state index in [1.165, 1.54) is 11.9 Å². The van der Waals surface area contributed by atoms with Gasteiger partial charge in [0.25, 0.3) is 0 Å². The molecule has 0 aromatic heterocycles. The van der Waals surface area contributed by atoms with Gasteiger partial charge in [0.05, 0.1) is 0 Å². The molecular weight excluding hydrogens is 191 g/mol. The maximum atomic E-state index is 2.39. The van der Waals surface area contributed by atoms with E-state index in [0.717, 1.165) is 0 Å². The van der Waals surface area contributed by atoms with Gasteiger partial charge in [-0.15, -0.1) is 5.47 Å². The van der Waals surface area contributed by atoms with E-state index >= 15 is 0 Å². The summed E-state index contributed by atoms with van der Waals surface area (Å²) in [5.41, 5.74) is 4.05. The molecule has 0 aromatic rings. The molecule has 0 N–H and O–H groups in total. The fourth-order valence-corrected chi connectivity index (χ4v) is 3.86. The molecule has 0 aromatic carbocycles. The third-order valence-electron chi connectivity index (χ3n) is 2.90. The van der Waals surface area contributed by atoms with Crippen LogP contribution in [0.2, 0.25) is 0 Å². The normalized spacial score (nSPS) is 16.1. The van der Waals surface area contributed by atoms with Crippen molar-refractivity contribution in [2.75, 3.05) is 0 Å². The van der Waals surface area contributed by atoms with E-state index in [-0.39, 0.29) is 10.8 Å². The van der Waals surface area contributed by atoms with Gasteiger partial charge in [0.1, 0.15) is 7.85 Å². The molecule has 0 unspecified atom stereocenters. The average molecular weight is 222 g/mol. The number of hydrogen-bond acceptors (Lipinski definition) is 0. The van der Waals surface area contributed by atoms with E-state index in [4.69, 9.17) is 0 Å². The second-order valence-corrected chi connectivity index (χ2v) is 8.25. The largest absolute Gasteiger partial charge is 0.133 e. The van der Waals surface area contributed by atoms with Crippen LogP contribution in [0.25, 0.3) is 0 Å². The van der Waals surface area contributed by atoms with Gasteiger partial charge >= 0.3 is 0 Å². The molecule has 0 saturated carbocycles. The van der Waals surface area contributed by atoms with E-state index in [1.807, 2.05) is 0 Å². The van der Waals surface area contributed by atoms with Gasteiger partial charge < -0.3 is 0 Å². The van der Waals surface area contributed by atoms with Gasteiger partial charge in [-0.25, -0.2) is 0 Å². The summed E-state index contributed by atoms with van der Waals surface area (Å²) in [4.78, 5) is 0. The summed E-state index contributed by atoms with van der Waals surface area (Å²) in [5, 5.41) is 0. The molecule has 0 amide bonds. The second kappa shape index (κ2) is 4.59. The van der Waals surface area contributed by atoms with E-state index in [0.29, 0.717) is 5.41 Å². The Morgan fingerprint density at radius 2 is 1.25 bits per heavy atom. The van der Waals surface area contributed by atoms with Crippen molar-refractivity contribution in [2.45, 2.75) is 68.7 Å². The first-order chi connectivity index (χ1) is 6.77. The lowest BCUT2D eigenvalue weighted by atomic mass is 9.61. The highest BCUT2D eigenvalue weighted by molar-refractivity contribution is 6.21. The Morgan fingerprint density at radius 1 is 0.875 bits per heavy atom. The molecule has 0 aliphatic heterocycles. The maximum Gasteiger partial charge on any atom is 0.133 e. The topological polar surface area (TPSA) is 0 Å². The van der Waals surface area contributed by atoms with Gasteiger partial charge in [0.15, 0.2) is 0 Å². The third kappa shape index (κ3) is 4.76. The van der Waals surface area contributed by atoms with Crippen molar-refractivity contribution in [3.05, 3.63) is 11.0 Å². The molecule has 0 atom stereocenters. The minimum atomic E-state index is 0.271. The van der Waals surface area contributed by atoms with Crippen LogP contribution in [0.1, 0.15) is 68.7 Å². The van der Waals surface area contributed by atoms with Crippen LogP contribution in [-0.4, -0.2) is 7.85 Å². The predicted octanol–water partition coefficient (Wildman–Crippen LogP) is 4.40. The van der Waals surface area contributed by atoms with Gasteiger partial charge in [-0.3, -0.25) is 0 Å². The van der Waals surface area contributed by atoms with Gasteiger partial charge in [0, 0.05) is 0 Å². The van der Waals surface area contributed by atoms with Crippen LogP contribution in [0, 0.1) is 16.2 Å². The fraction of sp³-hybridized carbons (Fsp3) is 0.867. The zero-order valence-electron chi connectivity index (χ0n) is 13.2. The van der Waals surface area contributed by atoms with Crippen molar-refractivity contribution in [2.24, 2.45) is 16.2 Å². The Hall–Kier alpha value is -0.195. The molecule has 0 spiro atoms. The molecule has 0 fully saturated rings. The molecule has 0 radical (unpaired) electrons. The van der Waals surface area contributed by atoms with Gasteiger partial charge in [-0.2, -0.15) is 0 Å². The van der Waals surface area contributed by atoms with Crippen molar-refractivity contribution in [1.29, 1.82) is 0 Å². The van der Waals surface area contributed by atoms with Crippen LogP contribution in [0.3, 0.4) is 0 Å². The molecule has 1 heteroatoms. The van der Waals surface area contributed by atoms with Gasteiger partial charge in [-0.05, 0) is 22.7 Å². The van der Waals surface area contributed by atoms with Crippen LogP contribution in [0.4, 0.5) is 0 Å². The molecular formula is C15H31B. The van der Waals surface area contributed by atoms with Gasteiger partial charge in [-0.1, -0.05) is 67.9 Å². The third-order valence-corrected chi connectivity index (χ3v) is 2.90. The molecule has 0 nitrogen and oxygen atoms in total. The summed E-state index contributed by atoms with van der Waals surface area (Å²) in [7, 11) is 2.25. The van der Waals surface area contributed by atoms with Crippen LogP contribution >= 0.6 is 0 Å². The van der Waals surface area contributed by atoms with Crippen molar-refractivity contribution < 1.29 is 0 Å². The van der Waals surface area contributed by atoms with E-state index < -0.39 is 0 Å². The Morgan fingerprint density at radius 3 is 1.44 bits per heavy atom. The van der Waals surface area contributed by atoms with Gasteiger partial charge in [0.2, 0.25) is 0 Å². The molecule has 0 bridgehead atoms. The summed E-state index contributed by atoms with van der Waals surface area (Å²) in [6.07, 6.45) is 1.23. The number of allylic oxidation sites excluding steroid dienone is 2. The standard InChI is InChI=1S/C15H31B/c1-11(16)12(14(5,6)7)15(8,9)10-13(2,3)4/h10,16H2,1-9H3/b12-11-. The first-order valence-electron chi connectivity index (χ1n) is 6.46. The Labute approximate surface area is 104 Å². The maximum absolute atomic E-state index is 2.39. The Balaban J connectivity index is 5.34. The molecule has 0 heterocycles. The summed E-state index contributed by atoms with van der Waals surface area (Å²) >= 11 is 0. The predicted molar refractivity (Wildman–Crippen MR) is 78.6 cm³/mol. The van der Waals surface area contributed by atoms with E-state index in [2.05, 4.69) is 70.2 Å². The molecule has 0 aliphatic rings. The lowest BCUT2D eigenvalue weighted by molar-refractivity contribution is 0.218. The molecule has 16 heavy (non-hydrogen) atoms. The molecule has 0 aliphatic carbocycles. The Bertz CT molecular complexity index is 265. The smallest absolute Gasteiger partial charge is 0.113 e. The highest BCUT2D eigenvalue weighted by Crippen LogP contribution is 2.47. The zero-order chi connectivity index (χ0) is 13.4. The minimum absolute atomic E-state index is 0.271. The molecule has 0 saturated heterocycles. The fourth-order valence-electron chi connectivity index (χ4n) is 3.86. The zero-order valence-corrected chi connectivity index (χ0v) is 13.2. The summed E-state index contributed by atoms with van der Waals surface area (Å²) in [5.74, 6) is 0. The first-order valence-corrected chi connectivity index (χ1v) is 6.46. The molecule has 0 rings (SSSR count). The average Bonchev–Trinajstić information content (AvgIpc) is 1.70. The molecule has 94 valence electrons. The second-order valence-electron chi connectivity index (χ2n) is 8.25. The Kier molecular flexibility index (Phi) is 4.53. The van der Waals surface area contributed by atoms with Crippen LogP contribution < -0.4 is 0 Å². The highest BCUT2D eigenvalue weighted by atomic mass is 14.4. The van der Waals surface area contributed by atoms with Crippen molar-refractivity contribution in [3.63, 3.8) is 0 Å². The minimum Gasteiger partial charge on any atom is -0.113 e. The lowest BCUT2D eigenvalue weighted by Gasteiger charge is -2.42.